The van der Waals surface area contributed by atoms with Crippen molar-refractivity contribution in [2.75, 3.05) is 0 Å². The molecule has 1 aromatic rings. The Bertz CT molecular complexity index is 207. The second kappa shape index (κ2) is 3.14. The van der Waals surface area contributed by atoms with Crippen LogP contribution in [0.1, 0.15) is 23.4 Å². The van der Waals surface area contributed by atoms with Crippen molar-refractivity contribution >= 4 is 11.3 Å². The molecule has 1 atom stereocenters. The van der Waals surface area contributed by atoms with Gasteiger partial charge in [-0.2, -0.15) is 0 Å². The topological polar surface area (TPSA) is 46.2 Å². The molecule has 0 aliphatic rings. The molecule has 1 aromatic heterocycles. The van der Waals surface area contributed by atoms with E-state index < -0.39 is 0 Å². The number of thiophene rings is 1. The van der Waals surface area contributed by atoms with Crippen molar-refractivity contribution in [1.29, 1.82) is 0 Å². The van der Waals surface area contributed by atoms with Gasteiger partial charge in [0.05, 0.1) is 6.61 Å². The third-order valence-electron chi connectivity index (χ3n) is 1.41. The molecule has 1 rings (SSSR count). The van der Waals surface area contributed by atoms with Gasteiger partial charge in [-0.1, -0.05) is 0 Å². The van der Waals surface area contributed by atoms with Crippen molar-refractivity contribution in [3.05, 3.63) is 21.9 Å². The predicted octanol–water partition coefficient (Wildman–Crippen LogP) is 1.26. The number of aliphatic hydroxyl groups excluding tert-OH is 1. The van der Waals surface area contributed by atoms with Crippen LogP contribution in [0.5, 0.6) is 0 Å². The van der Waals surface area contributed by atoms with Crippen LogP contribution in [0.2, 0.25) is 0 Å². The lowest BCUT2D eigenvalue weighted by Gasteiger charge is -2.03. The van der Waals surface area contributed by atoms with Gasteiger partial charge in [0.1, 0.15) is 0 Å². The second-order valence-electron chi connectivity index (χ2n) is 2.25. The molecule has 0 aromatic carbocycles. The van der Waals surface area contributed by atoms with Crippen molar-refractivity contribution in [3.63, 3.8) is 0 Å². The SMILES string of the molecule is C[C@H](N)c1ccsc1CO. The number of aliphatic hydroxyl groups is 1. The molecule has 0 bridgehead atoms. The Morgan fingerprint density at radius 3 is 2.90 bits per heavy atom. The molecule has 2 nitrogen and oxygen atoms in total. The number of nitrogens with two attached hydrogens (primary N) is 1. The summed E-state index contributed by atoms with van der Waals surface area (Å²) >= 11 is 1.55. The van der Waals surface area contributed by atoms with Gasteiger partial charge in [-0.25, -0.2) is 0 Å². The Kier molecular flexibility index (Phi) is 2.43. The monoisotopic (exact) mass is 157 g/mol. The fourth-order valence-electron chi connectivity index (χ4n) is 0.885. The van der Waals surface area contributed by atoms with Crippen molar-refractivity contribution in [3.8, 4) is 0 Å². The van der Waals surface area contributed by atoms with Crippen LogP contribution in [0.3, 0.4) is 0 Å². The Balaban J connectivity index is 2.90. The third-order valence-corrected chi connectivity index (χ3v) is 2.34. The lowest BCUT2D eigenvalue weighted by Crippen LogP contribution is -2.05. The predicted molar refractivity (Wildman–Crippen MR) is 42.8 cm³/mol. The Hall–Kier alpha value is -0.380. The minimum atomic E-state index is 0.0356. The highest BCUT2D eigenvalue weighted by Gasteiger charge is 2.05. The van der Waals surface area contributed by atoms with E-state index in [0.717, 1.165) is 10.4 Å². The van der Waals surface area contributed by atoms with Crippen LogP contribution in [0.25, 0.3) is 0 Å². The van der Waals surface area contributed by atoms with E-state index >= 15 is 0 Å². The van der Waals surface area contributed by atoms with E-state index in [-0.39, 0.29) is 12.6 Å². The molecule has 0 aliphatic heterocycles. The van der Waals surface area contributed by atoms with Crippen molar-refractivity contribution in [1.82, 2.24) is 0 Å². The van der Waals surface area contributed by atoms with Crippen molar-refractivity contribution < 1.29 is 5.11 Å². The minimum absolute atomic E-state index is 0.0356. The summed E-state index contributed by atoms with van der Waals surface area (Å²) in [5.41, 5.74) is 6.69. The van der Waals surface area contributed by atoms with Gasteiger partial charge in [0.2, 0.25) is 0 Å². The first-order chi connectivity index (χ1) is 4.75. The van der Waals surface area contributed by atoms with E-state index in [4.69, 9.17) is 10.8 Å². The highest BCUT2D eigenvalue weighted by Crippen LogP contribution is 2.21. The van der Waals surface area contributed by atoms with E-state index in [1.165, 1.54) is 0 Å². The van der Waals surface area contributed by atoms with Crippen LogP contribution in [0.15, 0.2) is 11.4 Å². The zero-order chi connectivity index (χ0) is 7.56. The number of rotatable bonds is 2. The standard InChI is InChI=1S/C7H11NOS/c1-5(8)6-2-3-10-7(6)4-9/h2-3,5,9H,4,8H2,1H3/t5-/m0/s1. The fourth-order valence-corrected chi connectivity index (χ4v) is 1.73. The quantitative estimate of drug-likeness (QED) is 0.679. The Labute approximate surface area is 64.3 Å². The maximum absolute atomic E-state index is 8.81. The summed E-state index contributed by atoms with van der Waals surface area (Å²) < 4.78 is 0. The summed E-state index contributed by atoms with van der Waals surface area (Å²) in [5.74, 6) is 0. The molecule has 0 spiro atoms. The molecule has 0 radical (unpaired) electrons. The summed E-state index contributed by atoms with van der Waals surface area (Å²) in [5, 5.41) is 10.8. The normalized spacial score (nSPS) is 13.5. The van der Waals surface area contributed by atoms with Gasteiger partial charge in [0, 0.05) is 10.9 Å². The lowest BCUT2D eigenvalue weighted by atomic mass is 10.1. The van der Waals surface area contributed by atoms with Gasteiger partial charge >= 0.3 is 0 Å². The van der Waals surface area contributed by atoms with Gasteiger partial charge in [-0.05, 0) is 23.9 Å². The second-order valence-corrected chi connectivity index (χ2v) is 3.25. The van der Waals surface area contributed by atoms with Crippen molar-refractivity contribution in [2.24, 2.45) is 5.73 Å². The van der Waals surface area contributed by atoms with Crippen LogP contribution in [-0.2, 0) is 6.61 Å². The van der Waals surface area contributed by atoms with Crippen LogP contribution in [-0.4, -0.2) is 5.11 Å². The molecule has 0 amide bonds. The molecular weight excluding hydrogens is 146 g/mol. The largest absolute Gasteiger partial charge is 0.391 e. The molecule has 56 valence electrons. The molecule has 10 heavy (non-hydrogen) atoms. The fraction of sp³-hybridized carbons (Fsp3) is 0.429. The van der Waals surface area contributed by atoms with Crippen LogP contribution >= 0.6 is 11.3 Å². The molecular formula is C7H11NOS. The first-order valence-corrected chi connectivity index (χ1v) is 4.06. The number of hydrogen-bond acceptors (Lipinski definition) is 3. The van der Waals surface area contributed by atoms with E-state index in [1.54, 1.807) is 11.3 Å². The first kappa shape index (κ1) is 7.72. The highest BCUT2D eigenvalue weighted by atomic mass is 32.1. The van der Waals surface area contributed by atoms with Crippen molar-refractivity contribution in [2.45, 2.75) is 19.6 Å². The van der Waals surface area contributed by atoms with E-state index in [2.05, 4.69) is 0 Å². The lowest BCUT2D eigenvalue weighted by molar-refractivity contribution is 0.284. The molecule has 0 fully saturated rings. The van der Waals surface area contributed by atoms with E-state index in [9.17, 15) is 0 Å². The average Bonchev–Trinajstić information content (AvgIpc) is 2.33. The summed E-state index contributed by atoms with van der Waals surface area (Å²) in [7, 11) is 0. The Morgan fingerprint density at radius 2 is 2.50 bits per heavy atom. The number of hydrogen-bond donors (Lipinski definition) is 2. The summed E-state index contributed by atoms with van der Waals surface area (Å²) in [6.45, 7) is 2.02. The molecule has 0 aliphatic carbocycles. The molecule has 0 saturated carbocycles. The molecule has 1 heterocycles. The van der Waals surface area contributed by atoms with Crippen LogP contribution in [0, 0.1) is 0 Å². The smallest absolute Gasteiger partial charge is 0.0777 e. The van der Waals surface area contributed by atoms with E-state index in [0.29, 0.717) is 0 Å². The highest BCUT2D eigenvalue weighted by molar-refractivity contribution is 7.10. The third kappa shape index (κ3) is 1.37. The van der Waals surface area contributed by atoms with Gasteiger partial charge in [-0.15, -0.1) is 11.3 Å². The van der Waals surface area contributed by atoms with Crippen LogP contribution < -0.4 is 5.73 Å². The Morgan fingerprint density at radius 1 is 1.80 bits per heavy atom. The summed E-state index contributed by atoms with van der Waals surface area (Å²) in [4.78, 5) is 0.981. The zero-order valence-corrected chi connectivity index (χ0v) is 6.69. The first-order valence-electron chi connectivity index (χ1n) is 3.18. The van der Waals surface area contributed by atoms with Crippen LogP contribution in [0.4, 0.5) is 0 Å². The van der Waals surface area contributed by atoms with E-state index in [1.807, 2.05) is 18.4 Å². The summed E-state index contributed by atoms with van der Waals surface area (Å²) in [6, 6.07) is 1.99. The zero-order valence-electron chi connectivity index (χ0n) is 5.87. The van der Waals surface area contributed by atoms with Gasteiger partial charge in [0.15, 0.2) is 0 Å². The average molecular weight is 157 g/mol. The molecule has 3 N–H and O–H groups in total. The van der Waals surface area contributed by atoms with Gasteiger partial charge < -0.3 is 10.8 Å². The molecule has 3 heteroatoms. The summed E-state index contributed by atoms with van der Waals surface area (Å²) in [6.07, 6.45) is 0. The van der Waals surface area contributed by atoms with Gasteiger partial charge in [-0.3, -0.25) is 0 Å². The molecule has 0 unspecified atom stereocenters. The maximum Gasteiger partial charge on any atom is 0.0777 e. The minimum Gasteiger partial charge on any atom is -0.391 e. The molecule has 0 saturated heterocycles. The maximum atomic E-state index is 8.81. The van der Waals surface area contributed by atoms with Gasteiger partial charge in [0.25, 0.3) is 0 Å².